The van der Waals surface area contributed by atoms with Crippen LogP contribution >= 0.6 is 11.6 Å². The van der Waals surface area contributed by atoms with Gasteiger partial charge in [-0.25, -0.2) is 0 Å². The first-order chi connectivity index (χ1) is 12.2. The lowest BCUT2D eigenvalue weighted by Crippen LogP contribution is -1.98. The number of halogens is 1. The first-order valence-electron chi connectivity index (χ1n) is 7.68. The predicted octanol–water partition coefficient (Wildman–Crippen LogP) is 4.71. The third kappa shape index (κ3) is 4.19. The van der Waals surface area contributed by atoms with Crippen molar-refractivity contribution in [3.63, 3.8) is 0 Å². The standard InChI is InChI=1S/C19H17ClN2O3/c1-3-5-13-8-9-16(17(10-13)23-2)24-12-18-21-19(22-25-18)14-6-4-7-15(20)11-14/h3-4,6-11H,1,5,12H2,2H3. The summed E-state index contributed by atoms with van der Waals surface area (Å²) in [7, 11) is 1.60. The van der Waals surface area contributed by atoms with Crippen molar-refractivity contribution in [3.8, 4) is 22.9 Å². The van der Waals surface area contributed by atoms with Crippen molar-refractivity contribution < 1.29 is 14.0 Å². The number of nitrogens with zero attached hydrogens (tertiary/aromatic N) is 2. The molecule has 0 fully saturated rings. The van der Waals surface area contributed by atoms with E-state index >= 15 is 0 Å². The molecule has 3 rings (SSSR count). The average molecular weight is 357 g/mol. The second kappa shape index (κ2) is 7.85. The van der Waals surface area contributed by atoms with Gasteiger partial charge in [-0.1, -0.05) is 41.0 Å². The second-order valence-corrected chi connectivity index (χ2v) is 5.73. The highest BCUT2D eigenvalue weighted by Crippen LogP contribution is 2.29. The molecule has 0 atom stereocenters. The van der Waals surface area contributed by atoms with Crippen LogP contribution in [0.5, 0.6) is 11.5 Å². The lowest BCUT2D eigenvalue weighted by Gasteiger charge is -2.10. The molecule has 0 aliphatic heterocycles. The molecule has 0 unspecified atom stereocenters. The number of hydrogen-bond donors (Lipinski definition) is 0. The maximum atomic E-state index is 5.98. The Bertz CT molecular complexity index is 877. The number of aromatic nitrogens is 2. The third-order valence-electron chi connectivity index (χ3n) is 3.51. The molecule has 0 saturated carbocycles. The lowest BCUT2D eigenvalue weighted by atomic mass is 10.1. The highest BCUT2D eigenvalue weighted by atomic mass is 35.5. The van der Waals surface area contributed by atoms with Crippen molar-refractivity contribution >= 4 is 11.6 Å². The third-order valence-corrected chi connectivity index (χ3v) is 3.75. The highest BCUT2D eigenvalue weighted by Gasteiger charge is 2.11. The van der Waals surface area contributed by atoms with E-state index in [0.29, 0.717) is 28.2 Å². The maximum absolute atomic E-state index is 5.98. The average Bonchev–Trinajstić information content (AvgIpc) is 3.10. The summed E-state index contributed by atoms with van der Waals surface area (Å²) in [5.74, 6) is 2.09. The van der Waals surface area contributed by atoms with Crippen LogP contribution in [-0.4, -0.2) is 17.3 Å². The minimum atomic E-state index is 0.144. The molecule has 5 nitrogen and oxygen atoms in total. The van der Waals surface area contributed by atoms with Crippen LogP contribution in [0.1, 0.15) is 11.5 Å². The van der Waals surface area contributed by atoms with Crippen LogP contribution in [0, 0.1) is 0 Å². The van der Waals surface area contributed by atoms with Gasteiger partial charge in [0, 0.05) is 10.6 Å². The largest absolute Gasteiger partial charge is 0.493 e. The highest BCUT2D eigenvalue weighted by molar-refractivity contribution is 6.30. The fourth-order valence-corrected chi connectivity index (χ4v) is 2.51. The molecule has 1 heterocycles. The van der Waals surface area contributed by atoms with Gasteiger partial charge in [-0.2, -0.15) is 4.98 Å². The Labute approximate surface area is 150 Å². The minimum absolute atomic E-state index is 0.144. The molecule has 25 heavy (non-hydrogen) atoms. The van der Waals surface area contributed by atoms with E-state index < -0.39 is 0 Å². The van der Waals surface area contributed by atoms with E-state index in [0.717, 1.165) is 17.5 Å². The van der Waals surface area contributed by atoms with Crippen molar-refractivity contribution in [1.82, 2.24) is 10.1 Å². The van der Waals surface area contributed by atoms with E-state index in [1.807, 2.05) is 36.4 Å². The fraction of sp³-hybridized carbons (Fsp3) is 0.158. The van der Waals surface area contributed by atoms with Gasteiger partial charge in [0.15, 0.2) is 18.1 Å². The quantitative estimate of drug-likeness (QED) is 0.574. The van der Waals surface area contributed by atoms with Gasteiger partial charge < -0.3 is 14.0 Å². The van der Waals surface area contributed by atoms with E-state index in [1.165, 1.54) is 0 Å². The monoisotopic (exact) mass is 356 g/mol. The maximum Gasteiger partial charge on any atom is 0.264 e. The molecule has 0 spiro atoms. The van der Waals surface area contributed by atoms with E-state index in [-0.39, 0.29) is 6.61 Å². The molecule has 2 aromatic carbocycles. The van der Waals surface area contributed by atoms with Gasteiger partial charge in [-0.05, 0) is 36.2 Å². The summed E-state index contributed by atoms with van der Waals surface area (Å²) in [4.78, 5) is 4.32. The van der Waals surface area contributed by atoms with Crippen LogP contribution in [0.25, 0.3) is 11.4 Å². The van der Waals surface area contributed by atoms with Gasteiger partial charge in [-0.3, -0.25) is 0 Å². The van der Waals surface area contributed by atoms with Crippen molar-refractivity contribution in [3.05, 3.63) is 71.6 Å². The molecule has 0 radical (unpaired) electrons. The summed E-state index contributed by atoms with van der Waals surface area (Å²) >= 11 is 5.98. The van der Waals surface area contributed by atoms with Crippen LogP contribution in [0.2, 0.25) is 5.02 Å². The van der Waals surface area contributed by atoms with Crippen molar-refractivity contribution in [2.24, 2.45) is 0 Å². The molecule has 0 aliphatic rings. The molecular formula is C19H17ClN2O3. The van der Waals surface area contributed by atoms with Crippen molar-refractivity contribution in [2.75, 3.05) is 7.11 Å². The Morgan fingerprint density at radius 1 is 1.20 bits per heavy atom. The van der Waals surface area contributed by atoms with Gasteiger partial charge in [-0.15, -0.1) is 6.58 Å². The Kier molecular flexibility index (Phi) is 5.36. The Morgan fingerprint density at radius 2 is 2.08 bits per heavy atom. The zero-order valence-electron chi connectivity index (χ0n) is 13.7. The number of allylic oxidation sites excluding steroid dienone is 1. The van der Waals surface area contributed by atoms with Gasteiger partial charge in [0.2, 0.25) is 5.82 Å². The van der Waals surface area contributed by atoms with E-state index in [4.69, 9.17) is 25.6 Å². The topological polar surface area (TPSA) is 57.4 Å². The molecule has 3 aromatic rings. The van der Waals surface area contributed by atoms with Crippen LogP contribution < -0.4 is 9.47 Å². The Morgan fingerprint density at radius 3 is 2.84 bits per heavy atom. The number of benzene rings is 2. The number of hydrogen-bond acceptors (Lipinski definition) is 5. The van der Waals surface area contributed by atoms with E-state index in [9.17, 15) is 0 Å². The first-order valence-corrected chi connectivity index (χ1v) is 8.06. The zero-order valence-corrected chi connectivity index (χ0v) is 14.5. The van der Waals surface area contributed by atoms with Crippen molar-refractivity contribution in [1.29, 1.82) is 0 Å². The lowest BCUT2D eigenvalue weighted by molar-refractivity contribution is 0.233. The molecule has 1 aromatic heterocycles. The summed E-state index contributed by atoms with van der Waals surface area (Å²) in [5, 5.41) is 4.57. The molecule has 128 valence electrons. The predicted molar refractivity (Wildman–Crippen MR) is 96.0 cm³/mol. The minimum Gasteiger partial charge on any atom is -0.493 e. The number of ether oxygens (including phenoxy) is 2. The SMILES string of the molecule is C=CCc1ccc(OCc2nc(-c3cccc(Cl)c3)no2)c(OC)c1. The van der Waals surface area contributed by atoms with Crippen LogP contribution in [-0.2, 0) is 13.0 Å². The second-order valence-electron chi connectivity index (χ2n) is 5.29. The smallest absolute Gasteiger partial charge is 0.264 e. The summed E-state index contributed by atoms with van der Waals surface area (Å²) in [6.45, 7) is 3.88. The van der Waals surface area contributed by atoms with Gasteiger partial charge in [0.1, 0.15) is 0 Å². The molecule has 0 N–H and O–H groups in total. The van der Waals surface area contributed by atoms with Crippen LogP contribution in [0.3, 0.4) is 0 Å². The zero-order chi connectivity index (χ0) is 17.6. The molecule has 0 saturated heterocycles. The molecule has 0 bridgehead atoms. The van der Waals surface area contributed by atoms with Crippen LogP contribution in [0.15, 0.2) is 59.6 Å². The fourth-order valence-electron chi connectivity index (χ4n) is 2.32. The molecule has 6 heteroatoms. The first kappa shape index (κ1) is 17.0. The van der Waals surface area contributed by atoms with Gasteiger partial charge >= 0.3 is 0 Å². The van der Waals surface area contributed by atoms with Crippen LogP contribution in [0.4, 0.5) is 0 Å². The Balaban J connectivity index is 1.71. The number of methoxy groups -OCH3 is 1. The molecule has 0 aliphatic carbocycles. The van der Waals surface area contributed by atoms with E-state index in [2.05, 4.69) is 16.7 Å². The summed E-state index contributed by atoms with van der Waals surface area (Å²) < 4.78 is 16.3. The van der Waals surface area contributed by atoms with Gasteiger partial charge in [0.25, 0.3) is 5.89 Å². The molecular weight excluding hydrogens is 340 g/mol. The number of rotatable bonds is 7. The summed E-state index contributed by atoms with van der Waals surface area (Å²) in [6.07, 6.45) is 2.61. The van der Waals surface area contributed by atoms with E-state index in [1.54, 1.807) is 19.2 Å². The van der Waals surface area contributed by atoms with Crippen molar-refractivity contribution in [2.45, 2.75) is 13.0 Å². The summed E-state index contributed by atoms with van der Waals surface area (Å²) in [6, 6.07) is 13.0. The van der Waals surface area contributed by atoms with Gasteiger partial charge in [0.05, 0.1) is 7.11 Å². The summed E-state index contributed by atoms with van der Waals surface area (Å²) in [5.41, 5.74) is 1.88. The Hall–Kier alpha value is -2.79. The normalized spacial score (nSPS) is 10.5. The molecule has 0 amide bonds.